The molecule has 0 amide bonds. The van der Waals surface area contributed by atoms with E-state index >= 15 is 0 Å². The first-order chi connectivity index (χ1) is 9.17. The Hall–Kier alpha value is -2.18. The van der Waals surface area contributed by atoms with Gasteiger partial charge in [0, 0.05) is 6.54 Å². The van der Waals surface area contributed by atoms with E-state index < -0.39 is 5.97 Å². The molecule has 1 aliphatic rings. The van der Waals surface area contributed by atoms with E-state index in [9.17, 15) is 9.59 Å². The second kappa shape index (κ2) is 5.64. The van der Waals surface area contributed by atoms with Gasteiger partial charge in [-0.2, -0.15) is 0 Å². The average Bonchev–Trinajstić information content (AvgIpc) is 2.95. The second-order valence-electron chi connectivity index (χ2n) is 4.13. The molecule has 0 aromatic carbocycles. The van der Waals surface area contributed by atoms with E-state index in [0.717, 1.165) is 6.42 Å². The van der Waals surface area contributed by atoms with Crippen molar-refractivity contribution in [3.63, 3.8) is 0 Å². The first-order valence-electron chi connectivity index (χ1n) is 5.92. The summed E-state index contributed by atoms with van der Waals surface area (Å²) in [6, 6.07) is -0.368. The quantitative estimate of drug-likeness (QED) is 0.732. The molecule has 0 N–H and O–H groups in total. The van der Waals surface area contributed by atoms with Crippen molar-refractivity contribution in [3.8, 4) is 0 Å². The average molecular weight is 265 g/mol. The van der Waals surface area contributed by atoms with Gasteiger partial charge in [-0.25, -0.2) is 14.6 Å². The predicted molar refractivity (Wildman–Crippen MR) is 65.8 cm³/mol. The lowest BCUT2D eigenvalue weighted by atomic mass is 10.2. The van der Waals surface area contributed by atoms with Crippen LogP contribution in [0.3, 0.4) is 0 Å². The number of esters is 2. The minimum atomic E-state index is -0.553. The normalized spacial score (nSPS) is 18.2. The number of carbonyl (C=O) groups excluding carboxylic acids is 2. The fourth-order valence-corrected chi connectivity index (χ4v) is 2.12. The van der Waals surface area contributed by atoms with Crippen molar-refractivity contribution in [2.24, 2.45) is 0 Å². The molecule has 7 heteroatoms. The van der Waals surface area contributed by atoms with E-state index in [2.05, 4.69) is 14.7 Å². The Morgan fingerprint density at radius 1 is 1.32 bits per heavy atom. The number of ether oxygens (including phenoxy) is 2. The molecular formula is C12H15N3O4. The topological polar surface area (TPSA) is 81.6 Å². The minimum Gasteiger partial charge on any atom is -0.467 e. The van der Waals surface area contributed by atoms with Gasteiger partial charge in [0.15, 0.2) is 5.69 Å². The molecule has 19 heavy (non-hydrogen) atoms. The molecule has 0 bridgehead atoms. The first kappa shape index (κ1) is 13.3. The fourth-order valence-electron chi connectivity index (χ4n) is 2.12. The van der Waals surface area contributed by atoms with E-state index in [0.29, 0.717) is 18.8 Å². The van der Waals surface area contributed by atoms with Crippen LogP contribution in [0.15, 0.2) is 12.4 Å². The van der Waals surface area contributed by atoms with Crippen molar-refractivity contribution >= 4 is 17.8 Å². The third kappa shape index (κ3) is 2.64. The highest BCUT2D eigenvalue weighted by molar-refractivity contribution is 5.87. The van der Waals surface area contributed by atoms with Gasteiger partial charge in [-0.3, -0.25) is 4.98 Å². The summed E-state index contributed by atoms with van der Waals surface area (Å²) in [5, 5.41) is 0. The fraction of sp³-hybridized carbons (Fsp3) is 0.500. The molecule has 2 rings (SSSR count). The third-order valence-electron chi connectivity index (χ3n) is 3.04. The largest absolute Gasteiger partial charge is 0.467 e. The molecule has 7 nitrogen and oxygen atoms in total. The number of methoxy groups -OCH3 is 2. The Morgan fingerprint density at radius 3 is 2.79 bits per heavy atom. The van der Waals surface area contributed by atoms with Crippen LogP contribution in [0.4, 0.5) is 5.82 Å². The summed E-state index contributed by atoms with van der Waals surface area (Å²) < 4.78 is 9.36. The molecule has 2 heterocycles. The van der Waals surface area contributed by atoms with Crippen LogP contribution in [0.2, 0.25) is 0 Å². The monoisotopic (exact) mass is 265 g/mol. The molecule has 1 atom stereocenters. The lowest BCUT2D eigenvalue weighted by molar-refractivity contribution is -0.141. The number of anilines is 1. The smallest absolute Gasteiger partial charge is 0.358 e. The predicted octanol–water partition coefficient (Wildman–Crippen LogP) is 0.405. The Morgan fingerprint density at radius 2 is 2.11 bits per heavy atom. The lowest BCUT2D eigenvalue weighted by Crippen LogP contribution is -2.37. The van der Waals surface area contributed by atoms with Crippen molar-refractivity contribution in [3.05, 3.63) is 18.1 Å². The van der Waals surface area contributed by atoms with Crippen LogP contribution < -0.4 is 4.90 Å². The van der Waals surface area contributed by atoms with Gasteiger partial charge >= 0.3 is 11.9 Å². The minimum absolute atomic E-state index is 0.121. The Labute approximate surface area is 110 Å². The van der Waals surface area contributed by atoms with Gasteiger partial charge < -0.3 is 14.4 Å². The van der Waals surface area contributed by atoms with Crippen LogP contribution in [0.5, 0.6) is 0 Å². The van der Waals surface area contributed by atoms with E-state index in [4.69, 9.17) is 4.74 Å². The molecule has 0 spiro atoms. The first-order valence-corrected chi connectivity index (χ1v) is 5.92. The number of nitrogens with zero attached hydrogens (tertiary/aromatic N) is 3. The molecule has 1 aromatic heterocycles. The highest BCUT2D eigenvalue weighted by atomic mass is 16.5. The van der Waals surface area contributed by atoms with Crippen LogP contribution in [-0.4, -0.2) is 48.7 Å². The molecule has 1 unspecified atom stereocenters. The summed E-state index contributed by atoms with van der Waals surface area (Å²) in [5.41, 5.74) is 0.121. The zero-order chi connectivity index (χ0) is 13.8. The summed E-state index contributed by atoms with van der Waals surface area (Å²) in [6.45, 7) is 0.680. The van der Waals surface area contributed by atoms with E-state index in [-0.39, 0.29) is 17.7 Å². The van der Waals surface area contributed by atoms with Gasteiger partial charge in [0.25, 0.3) is 0 Å². The maximum Gasteiger partial charge on any atom is 0.358 e. The maximum absolute atomic E-state index is 11.7. The van der Waals surface area contributed by atoms with Crippen molar-refractivity contribution in [2.45, 2.75) is 18.9 Å². The number of carbonyl (C=O) groups is 2. The van der Waals surface area contributed by atoms with Gasteiger partial charge in [-0.1, -0.05) is 0 Å². The molecular weight excluding hydrogens is 250 g/mol. The van der Waals surface area contributed by atoms with Gasteiger partial charge in [-0.15, -0.1) is 0 Å². The van der Waals surface area contributed by atoms with Gasteiger partial charge in [-0.05, 0) is 12.8 Å². The molecule has 102 valence electrons. The van der Waals surface area contributed by atoms with E-state index in [1.165, 1.54) is 26.6 Å². The summed E-state index contributed by atoms with van der Waals surface area (Å²) in [4.78, 5) is 33.0. The zero-order valence-corrected chi connectivity index (χ0v) is 10.8. The Kier molecular flexibility index (Phi) is 3.94. The second-order valence-corrected chi connectivity index (χ2v) is 4.13. The highest BCUT2D eigenvalue weighted by Gasteiger charge is 2.32. The summed E-state index contributed by atoms with van der Waals surface area (Å²) >= 11 is 0. The van der Waals surface area contributed by atoms with Crippen molar-refractivity contribution in [1.82, 2.24) is 9.97 Å². The summed E-state index contributed by atoms with van der Waals surface area (Å²) in [5.74, 6) is -0.373. The molecule has 1 aromatic rings. The molecule has 0 radical (unpaired) electrons. The van der Waals surface area contributed by atoms with E-state index in [1.807, 2.05) is 0 Å². The molecule has 1 fully saturated rings. The van der Waals surface area contributed by atoms with Crippen LogP contribution in [0, 0.1) is 0 Å². The zero-order valence-electron chi connectivity index (χ0n) is 10.8. The number of hydrogen-bond acceptors (Lipinski definition) is 7. The van der Waals surface area contributed by atoms with Gasteiger partial charge in [0.1, 0.15) is 11.9 Å². The molecule has 1 saturated heterocycles. The van der Waals surface area contributed by atoms with Gasteiger partial charge in [0.05, 0.1) is 26.6 Å². The van der Waals surface area contributed by atoms with Crippen molar-refractivity contribution in [2.75, 3.05) is 25.7 Å². The van der Waals surface area contributed by atoms with Crippen molar-refractivity contribution < 1.29 is 19.1 Å². The van der Waals surface area contributed by atoms with Crippen LogP contribution in [0.25, 0.3) is 0 Å². The summed E-state index contributed by atoms with van der Waals surface area (Å²) in [6.07, 6.45) is 4.42. The van der Waals surface area contributed by atoms with Crippen LogP contribution >= 0.6 is 0 Å². The SMILES string of the molecule is COC(=O)c1cncc(N2CCCC2C(=O)OC)n1. The maximum atomic E-state index is 11.7. The number of hydrogen-bond donors (Lipinski definition) is 0. The van der Waals surface area contributed by atoms with E-state index in [1.54, 1.807) is 4.90 Å². The van der Waals surface area contributed by atoms with Crippen LogP contribution in [0.1, 0.15) is 23.3 Å². The highest BCUT2D eigenvalue weighted by Crippen LogP contribution is 2.24. The molecule has 0 saturated carbocycles. The molecule has 1 aliphatic heterocycles. The third-order valence-corrected chi connectivity index (χ3v) is 3.04. The van der Waals surface area contributed by atoms with Gasteiger partial charge in [0.2, 0.25) is 0 Å². The number of rotatable bonds is 3. The molecule has 0 aliphatic carbocycles. The number of aromatic nitrogens is 2. The Bertz CT molecular complexity index is 492. The Balaban J connectivity index is 2.26. The summed E-state index contributed by atoms with van der Waals surface area (Å²) in [7, 11) is 2.64. The lowest BCUT2D eigenvalue weighted by Gasteiger charge is -2.23. The standard InChI is InChI=1S/C12H15N3O4/c1-18-11(16)8-6-13-7-10(14-8)15-5-3-4-9(15)12(17)19-2/h6-7,9H,3-5H2,1-2H3. The van der Waals surface area contributed by atoms with Crippen LogP contribution in [-0.2, 0) is 14.3 Å². The van der Waals surface area contributed by atoms with Crippen molar-refractivity contribution in [1.29, 1.82) is 0 Å².